The van der Waals surface area contributed by atoms with Crippen LogP contribution in [0.1, 0.15) is 23.2 Å². The number of allylic oxidation sites excluding steroid dienone is 1. The van der Waals surface area contributed by atoms with Gasteiger partial charge in [0.05, 0.1) is 0 Å². The first-order valence-corrected chi connectivity index (χ1v) is 3.71. The van der Waals surface area contributed by atoms with Crippen molar-refractivity contribution in [1.29, 1.82) is 0 Å². The van der Waals surface area contributed by atoms with Crippen LogP contribution in [0.2, 0.25) is 0 Å². The fourth-order valence-electron chi connectivity index (χ4n) is 1.48. The number of fused-ring (bicyclic) bond motifs is 1. The predicted molar refractivity (Wildman–Crippen MR) is 42.9 cm³/mol. The summed E-state index contributed by atoms with van der Waals surface area (Å²) in [4.78, 5) is 3.24. The van der Waals surface area contributed by atoms with Gasteiger partial charge in [0.15, 0.2) is 0 Å². The molecule has 2 rings (SSSR count). The molecular weight excluding hydrogens is 122 g/mol. The van der Waals surface area contributed by atoms with Crippen LogP contribution in [0.25, 0.3) is 6.08 Å². The molecule has 1 aromatic heterocycles. The number of nitrogens with one attached hydrogen (secondary N) is 1. The van der Waals surface area contributed by atoms with Crippen molar-refractivity contribution < 1.29 is 0 Å². The first-order valence-electron chi connectivity index (χ1n) is 3.71. The number of aromatic nitrogens is 1. The standard InChI is InChI=1S/C9H11N/c1-7-6-10-9-5-3-2-4-8(7)9/h3,5-6,10H,2,4H2,1H3. The normalized spacial score (nSPS) is 15.3. The van der Waals surface area contributed by atoms with Crippen molar-refractivity contribution in [3.8, 4) is 0 Å². The van der Waals surface area contributed by atoms with Crippen LogP contribution in [-0.4, -0.2) is 4.98 Å². The van der Waals surface area contributed by atoms with Crippen LogP contribution in [-0.2, 0) is 6.42 Å². The maximum Gasteiger partial charge on any atom is 0.0412 e. The Hall–Kier alpha value is -0.980. The fourth-order valence-corrected chi connectivity index (χ4v) is 1.48. The van der Waals surface area contributed by atoms with E-state index in [-0.39, 0.29) is 0 Å². The van der Waals surface area contributed by atoms with Gasteiger partial charge in [-0.2, -0.15) is 0 Å². The molecule has 52 valence electrons. The monoisotopic (exact) mass is 133 g/mol. The van der Waals surface area contributed by atoms with Crippen molar-refractivity contribution in [3.05, 3.63) is 29.1 Å². The minimum absolute atomic E-state index is 1.20. The summed E-state index contributed by atoms with van der Waals surface area (Å²) < 4.78 is 0. The lowest BCUT2D eigenvalue weighted by Crippen LogP contribution is -1.91. The van der Waals surface area contributed by atoms with Gasteiger partial charge in [-0.15, -0.1) is 0 Å². The van der Waals surface area contributed by atoms with E-state index in [1.54, 1.807) is 0 Å². The molecule has 0 fully saturated rings. The molecule has 1 aliphatic rings. The molecule has 0 atom stereocenters. The smallest absolute Gasteiger partial charge is 0.0412 e. The summed E-state index contributed by atoms with van der Waals surface area (Å²) in [6, 6.07) is 0. The third-order valence-corrected chi connectivity index (χ3v) is 2.09. The second kappa shape index (κ2) is 2.01. The summed E-state index contributed by atoms with van der Waals surface area (Å²) in [6.45, 7) is 2.16. The van der Waals surface area contributed by atoms with Crippen LogP contribution in [0.3, 0.4) is 0 Å². The molecule has 1 N–H and O–H groups in total. The lowest BCUT2D eigenvalue weighted by Gasteiger charge is -2.04. The Balaban J connectivity index is 2.57. The zero-order valence-electron chi connectivity index (χ0n) is 6.15. The van der Waals surface area contributed by atoms with Gasteiger partial charge in [0.1, 0.15) is 0 Å². The highest BCUT2D eigenvalue weighted by Gasteiger charge is 2.07. The molecule has 0 aromatic carbocycles. The number of hydrogen-bond acceptors (Lipinski definition) is 0. The lowest BCUT2D eigenvalue weighted by molar-refractivity contribution is 0.975. The summed E-state index contributed by atoms with van der Waals surface area (Å²) in [5, 5.41) is 0. The van der Waals surface area contributed by atoms with E-state index < -0.39 is 0 Å². The maximum atomic E-state index is 3.24. The zero-order chi connectivity index (χ0) is 6.97. The fraction of sp³-hybridized carbons (Fsp3) is 0.333. The molecular formula is C9H11N. The van der Waals surface area contributed by atoms with E-state index in [1.807, 2.05) is 0 Å². The average molecular weight is 133 g/mol. The molecule has 0 radical (unpaired) electrons. The Labute approximate surface area is 60.8 Å². The number of aryl methyl sites for hydroxylation is 1. The van der Waals surface area contributed by atoms with Gasteiger partial charge in [-0.1, -0.05) is 6.08 Å². The second-order valence-electron chi connectivity index (χ2n) is 2.80. The summed E-state index contributed by atoms with van der Waals surface area (Å²) in [5.74, 6) is 0. The highest BCUT2D eigenvalue weighted by Crippen LogP contribution is 2.20. The lowest BCUT2D eigenvalue weighted by atomic mass is 10.0. The van der Waals surface area contributed by atoms with Gasteiger partial charge in [-0.05, 0) is 37.0 Å². The Morgan fingerprint density at radius 3 is 3.20 bits per heavy atom. The third-order valence-electron chi connectivity index (χ3n) is 2.09. The SMILES string of the molecule is Cc1c[nH]c2c1CCC=C2. The van der Waals surface area contributed by atoms with Crippen LogP contribution in [0.15, 0.2) is 12.3 Å². The number of rotatable bonds is 0. The summed E-state index contributed by atoms with van der Waals surface area (Å²) >= 11 is 0. The number of aromatic amines is 1. The maximum absolute atomic E-state index is 3.24. The van der Waals surface area contributed by atoms with Crippen molar-refractivity contribution in [2.75, 3.05) is 0 Å². The molecule has 1 aromatic rings. The third kappa shape index (κ3) is 0.703. The quantitative estimate of drug-likeness (QED) is 0.559. The van der Waals surface area contributed by atoms with E-state index >= 15 is 0 Å². The van der Waals surface area contributed by atoms with E-state index in [0.29, 0.717) is 0 Å². The van der Waals surface area contributed by atoms with Crippen LogP contribution in [0.5, 0.6) is 0 Å². The van der Waals surface area contributed by atoms with E-state index in [1.165, 1.54) is 29.7 Å². The number of hydrogen-bond donors (Lipinski definition) is 1. The van der Waals surface area contributed by atoms with Gasteiger partial charge in [0.2, 0.25) is 0 Å². The van der Waals surface area contributed by atoms with E-state index in [0.717, 1.165) is 0 Å². The zero-order valence-corrected chi connectivity index (χ0v) is 6.15. The molecule has 0 amide bonds. The van der Waals surface area contributed by atoms with Gasteiger partial charge in [0.25, 0.3) is 0 Å². The van der Waals surface area contributed by atoms with Crippen molar-refractivity contribution >= 4 is 6.08 Å². The van der Waals surface area contributed by atoms with E-state index in [9.17, 15) is 0 Å². The summed E-state index contributed by atoms with van der Waals surface area (Å²) in [5.41, 5.74) is 4.21. The number of H-pyrrole nitrogens is 1. The van der Waals surface area contributed by atoms with E-state index in [4.69, 9.17) is 0 Å². The van der Waals surface area contributed by atoms with Crippen molar-refractivity contribution in [2.24, 2.45) is 0 Å². The van der Waals surface area contributed by atoms with Gasteiger partial charge < -0.3 is 4.98 Å². The first-order chi connectivity index (χ1) is 4.88. The summed E-state index contributed by atoms with van der Waals surface area (Å²) in [7, 11) is 0. The molecule has 0 saturated carbocycles. The average Bonchev–Trinajstić information content (AvgIpc) is 2.34. The predicted octanol–water partition coefficient (Wildman–Crippen LogP) is 2.28. The largest absolute Gasteiger partial charge is 0.361 e. The van der Waals surface area contributed by atoms with Crippen LogP contribution in [0.4, 0.5) is 0 Å². The van der Waals surface area contributed by atoms with Gasteiger partial charge in [0, 0.05) is 11.9 Å². The van der Waals surface area contributed by atoms with Crippen LogP contribution >= 0.6 is 0 Å². The molecule has 0 bridgehead atoms. The van der Waals surface area contributed by atoms with Crippen molar-refractivity contribution in [3.63, 3.8) is 0 Å². The second-order valence-corrected chi connectivity index (χ2v) is 2.80. The van der Waals surface area contributed by atoms with Crippen molar-refractivity contribution in [2.45, 2.75) is 19.8 Å². The molecule has 0 spiro atoms. The molecule has 1 aliphatic carbocycles. The van der Waals surface area contributed by atoms with Crippen molar-refractivity contribution in [1.82, 2.24) is 4.98 Å². The summed E-state index contributed by atoms with van der Waals surface area (Å²) in [6.07, 6.45) is 8.89. The minimum Gasteiger partial charge on any atom is -0.361 e. The minimum atomic E-state index is 1.20. The first kappa shape index (κ1) is 5.78. The molecule has 0 aliphatic heterocycles. The Bertz CT molecular complexity index is 268. The Kier molecular flexibility index (Phi) is 1.16. The molecule has 0 saturated heterocycles. The molecule has 1 heterocycles. The van der Waals surface area contributed by atoms with Crippen LogP contribution < -0.4 is 0 Å². The van der Waals surface area contributed by atoms with E-state index in [2.05, 4.69) is 30.3 Å². The Morgan fingerprint density at radius 1 is 1.50 bits per heavy atom. The Morgan fingerprint density at radius 2 is 2.40 bits per heavy atom. The molecule has 1 heteroatoms. The highest BCUT2D eigenvalue weighted by atomic mass is 14.7. The van der Waals surface area contributed by atoms with Gasteiger partial charge in [-0.25, -0.2) is 0 Å². The van der Waals surface area contributed by atoms with Crippen LogP contribution in [0, 0.1) is 6.92 Å². The van der Waals surface area contributed by atoms with Gasteiger partial charge >= 0.3 is 0 Å². The molecule has 0 unspecified atom stereocenters. The topological polar surface area (TPSA) is 15.8 Å². The molecule has 10 heavy (non-hydrogen) atoms. The van der Waals surface area contributed by atoms with Gasteiger partial charge in [-0.3, -0.25) is 0 Å². The highest BCUT2D eigenvalue weighted by molar-refractivity contribution is 5.54. The molecule has 1 nitrogen and oxygen atoms in total.